The van der Waals surface area contributed by atoms with E-state index in [0.717, 1.165) is 5.56 Å². The Kier molecular flexibility index (Phi) is 4.65. The summed E-state index contributed by atoms with van der Waals surface area (Å²) in [6.45, 7) is 5.57. The molecule has 0 bridgehead atoms. The van der Waals surface area contributed by atoms with Gasteiger partial charge in [0.05, 0.1) is 0 Å². The van der Waals surface area contributed by atoms with Crippen molar-refractivity contribution in [1.82, 2.24) is 0 Å². The Labute approximate surface area is 108 Å². The number of hydrogen-bond donors (Lipinski definition) is 1. The van der Waals surface area contributed by atoms with Crippen LogP contribution < -0.4 is 5.73 Å². The molecule has 1 amide bonds. The zero-order valence-corrected chi connectivity index (χ0v) is 11.3. The molecule has 1 aromatic carbocycles. The van der Waals surface area contributed by atoms with Crippen molar-refractivity contribution >= 4 is 11.7 Å². The predicted molar refractivity (Wildman–Crippen MR) is 71.9 cm³/mol. The molecule has 0 aliphatic rings. The van der Waals surface area contributed by atoms with Crippen LogP contribution in [0.3, 0.4) is 0 Å². The highest BCUT2D eigenvalue weighted by molar-refractivity contribution is 5.89. The Morgan fingerprint density at radius 3 is 2.17 bits per heavy atom. The minimum Gasteiger partial charge on any atom is -0.369 e. The largest absolute Gasteiger partial charge is 0.369 e. The van der Waals surface area contributed by atoms with Gasteiger partial charge in [-0.15, -0.1) is 0 Å². The van der Waals surface area contributed by atoms with Gasteiger partial charge < -0.3 is 5.73 Å². The Hall–Kier alpha value is -1.64. The summed E-state index contributed by atoms with van der Waals surface area (Å²) in [5, 5.41) is 0. The van der Waals surface area contributed by atoms with Crippen LogP contribution in [0.1, 0.15) is 32.8 Å². The molecule has 2 N–H and O–H groups in total. The van der Waals surface area contributed by atoms with Crippen LogP contribution in [0.25, 0.3) is 0 Å². The lowest BCUT2D eigenvalue weighted by atomic mass is 9.83. The van der Waals surface area contributed by atoms with E-state index < -0.39 is 17.2 Å². The quantitative estimate of drug-likeness (QED) is 0.868. The van der Waals surface area contributed by atoms with E-state index in [2.05, 4.69) is 0 Å². The lowest BCUT2D eigenvalue weighted by molar-refractivity contribution is -0.131. The molecule has 0 aliphatic carbocycles. The molecule has 3 nitrogen and oxygen atoms in total. The Morgan fingerprint density at radius 1 is 1.17 bits per heavy atom. The van der Waals surface area contributed by atoms with Gasteiger partial charge in [-0.2, -0.15) is 0 Å². The van der Waals surface area contributed by atoms with Crippen LogP contribution in [-0.2, 0) is 16.0 Å². The van der Waals surface area contributed by atoms with E-state index >= 15 is 0 Å². The lowest BCUT2D eigenvalue weighted by Crippen LogP contribution is -2.31. The minimum absolute atomic E-state index is 0.0715. The first-order valence-corrected chi connectivity index (χ1v) is 6.17. The number of benzene rings is 1. The first kappa shape index (κ1) is 14.4. The summed E-state index contributed by atoms with van der Waals surface area (Å²) in [6, 6.07) is 9.63. The summed E-state index contributed by atoms with van der Waals surface area (Å²) in [7, 11) is 0. The molecule has 0 saturated heterocycles. The van der Waals surface area contributed by atoms with E-state index in [4.69, 9.17) is 5.73 Å². The van der Waals surface area contributed by atoms with Crippen LogP contribution in [0.4, 0.5) is 0 Å². The lowest BCUT2D eigenvalue weighted by Gasteiger charge is -2.20. The predicted octanol–water partition coefficient (Wildman–Crippen LogP) is 2.34. The maximum atomic E-state index is 12.0. The fourth-order valence-electron chi connectivity index (χ4n) is 1.70. The van der Waals surface area contributed by atoms with Crippen LogP contribution in [-0.4, -0.2) is 11.7 Å². The van der Waals surface area contributed by atoms with Crippen LogP contribution in [0, 0.1) is 11.3 Å². The molecule has 0 fully saturated rings. The smallest absolute Gasteiger partial charge is 0.221 e. The second kappa shape index (κ2) is 5.80. The number of carbonyl (C=O) groups is 2. The van der Waals surface area contributed by atoms with Crippen molar-refractivity contribution in [2.45, 2.75) is 33.6 Å². The van der Waals surface area contributed by atoms with Crippen LogP contribution in [0.2, 0.25) is 0 Å². The third-order valence-corrected chi connectivity index (χ3v) is 3.00. The topological polar surface area (TPSA) is 60.2 Å². The Morgan fingerprint density at radius 2 is 1.72 bits per heavy atom. The zero-order chi connectivity index (χ0) is 13.8. The molecule has 98 valence electrons. The summed E-state index contributed by atoms with van der Waals surface area (Å²) in [4.78, 5) is 23.4. The molecule has 18 heavy (non-hydrogen) atoms. The Bertz CT molecular complexity index is 418. The van der Waals surface area contributed by atoms with Crippen molar-refractivity contribution in [3.63, 3.8) is 0 Å². The molecule has 0 spiro atoms. The number of ketones is 1. The molecule has 1 aromatic rings. The normalized spacial score (nSPS) is 13.1. The molecular formula is C15H21NO2. The summed E-state index contributed by atoms with van der Waals surface area (Å²) < 4.78 is 0. The molecule has 1 rings (SSSR count). The van der Waals surface area contributed by atoms with E-state index in [1.54, 1.807) is 0 Å². The van der Waals surface area contributed by atoms with E-state index in [1.165, 1.54) is 0 Å². The number of carbonyl (C=O) groups excluding carboxylic acids is 2. The van der Waals surface area contributed by atoms with Crippen molar-refractivity contribution in [3.8, 4) is 0 Å². The van der Waals surface area contributed by atoms with Crippen molar-refractivity contribution in [2.24, 2.45) is 17.1 Å². The molecule has 3 heteroatoms. The number of nitrogens with two attached hydrogens (primary N) is 1. The van der Waals surface area contributed by atoms with Gasteiger partial charge in [0.2, 0.25) is 5.91 Å². The second-order valence-electron chi connectivity index (χ2n) is 5.67. The first-order valence-electron chi connectivity index (χ1n) is 6.17. The molecule has 0 radical (unpaired) electrons. The van der Waals surface area contributed by atoms with E-state index in [0.29, 0.717) is 6.42 Å². The van der Waals surface area contributed by atoms with Gasteiger partial charge in [-0.25, -0.2) is 0 Å². The van der Waals surface area contributed by atoms with Gasteiger partial charge in [-0.1, -0.05) is 51.1 Å². The van der Waals surface area contributed by atoms with E-state index in [1.807, 2.05) is 51.1 Å². The number of hydrogen-bond acceptors (Lipinski definition) is 2. The van der Waals surface area contributed by atoms with Gasteiger partial charge in [0, 0.05) is 17.8 Å². The first-order chi connectivity index (χ1) is 8.30. The molecular weight excluding hydrogens is 226 g/mol. The van der Waals surface area contributed by atoms with Crippen LogP contribution in [0.5, 0.6) is 0 Å². The number of Topliss-reactive ketones (excluding diaryl/α,β-unsaturated/α-hetero) is 1. The van der Waals surface area contributed by atoms with Gasteiger partial charge >= 0.3 is 0 Å². The summed E-state index contributed by atoms with van der Waals surface area (Å²) in [5.41, 5.74) is 5.99. The number of rotatable bonds is 5. The monoisotopic (exact) mass is 247 g/mol. The summed E-state index contributed by atoms with van der Waals surface area (Å²) >= 11 is 0. The van der Waals surface area contributed by atoms with Crippen molar-refractivity contribution in [3.05, 3.63) is 35.9 Å². The van der Waals surface area contributed by atoms with E-state index in [9.17, 15) is 9.59 Å². The van der Waals surface area contributed by atoms with Gasteiger partial charge in [0.15, 0.2) is 0 Å². The number of amides is 1. The fraction of sp³-hybridized carbons (Fsp3) is 0.467. The molecule has 0 aromatic heterocycles. The SMILES string of the molecule is CC(C)(C)C(=O)CC(Cc1ccccc1)C(N)=O. The van der Waals surface area contributed by atoms with Crippen LogP contribution in [0.15, 0.2) is 30.3 Å². The Balaban J connectivity index is 2.73. The highest BCUT2D eigenvalue weighted by atomic mass is 16.1. The standard InChI is InChI=1S/C15H21NO2/c1-15(2,3)13(17)10-12(14(16)18)9-11-7-5-4-6-8-11/h4-8,12H,9-10H2,1-3H3,(H2,16,18). The van der Waals surface area contributed by atoms with E-state index in [-0.39, 0.29) is 12.2 Å². The zero-order valence-electron chi connectivity index (χ0n) is 11.3. The molecule has 0 saturated carbocycles. The van der Waals surface area contributed by atoms with Gasteiger partial charge in [-0.3, -0.25) is 9.59 Å². The molecule has 0 aliphatic heterocycles. The second-order valence-corrected chi connectivity index (χ2v) is 5.67. The van der Waals surface area contributed by atoms with Crippen molar-refractivity contribution < 1.29 is 9.59 Å². The van der Waals surface area contributed by atoms with Crippen molar-refractivity contribution in [2.75, 3.05) is 0 Å². The third-order valence-electron chi connectivity index (χ3n) is 3.00. The molecule has 1 unspecified atom stereocenters. The van der Waals surface area contributed by atoms with Gasteiger partial charge in [0.25, 0.3) is 0 Å². The maximum Gasteiger partial charge on any atom is 0.221 e. The minimum atomic E-state index is -0.426. The van der Waals surface area contributed by atoms with Gasteiger partial charge in [-0.05, 0) is 12.0 Å². The highest BCUT2D eigenvalue weighted by Gasteiger charge is 2.27. The fourth-order valence-corrected chi connectivity index (χ4v) is 1.70. The number of primary amides is 1. The average Bonchev–Trinajstić information content (AvgIpc) is 2.28. The van der Waals surface area contributed by atoms with Crippen LogP contribution >= 0.6 is 0 Å². The molecule has 1 atom stereocenters. The molecule has 0 heterocycles. The van der Waals surface area contributed by atoms with Crippen molar-refractivity contribution in [1.29, 1.82) is 0 Å². The average molecular weight is 247 g/mol. The highest BCUT2D eigenvalue weighted by Crippen LogP contribution is 2.22. The summed E-state index contributed by atoms with van der Waals surface area (Å²) in [6.07, 6.45) is 0.742. The maximum absolute atomic E-state index is 12.0. The third kappa shape index (κ3) is 4.32. The van der Waals surface area contributed by atoms with Gasteiger partial charge in [0.1, 0.15) is 5.78 Å². The summed E-state index contributed by atoms with van der Waals surface area (Å²) in [5.74, 6) is -0.752.